The molecule has 2 N–H and O–H groups in total. The third kappa shape index (κ3) is 3.73. The van der Waals surface area contributed by atoms with E-state index in [0.717, 1.165) is 21.3 Å². The summed E-state index contributed by atoms with van der Waals surface area (Å²) < 4.78 is 0. The van der Waals surface area contributed by atoms with E-state index < -0.39 is 5.60 Å². The number of benzene rings is 1. The number of hydrogen-bond donors (Lipinski definition) is 2. The van der Waals surface area contributed by atoms with Gasteiger partial charge in [-0.1, -0.05) is 6.07 Å². The molecule has 0 bridgehead atoms. The Bertz CT molecular complexity index is 1110. The Morgan fingerprint density at radius 1 is 1.03 bits per heavy atom. The molecule has 2 aliphatic carbocycles. The first kappa shape index (κ1) is 20.8. The van der Waals surface area contributed by atoms with E-state index in [9.17, 15) is 5.11 Å². The van der Waals surface area contributed by atoms with Crippen LogP contribution in [0.15, 0.2) is 24.4 Å². The van der Waals surface area contributed by atoms with Crippen molar-refractivity contribution >= 4 is 11.3 Å². The third-order valence-corrected chi connectivity index (χ3v) is 8.03. The van der Waals surface area contributed by atoms with Crippen LogP contribution in [0.25, 0.3) is 11.3 Å². The van der Waals surface area contributed by atoms with Gasteiger partial charge in [-0.15, -0.1) is 11.3 Å². The summed E-state index contributed by atoms with van der Waals surface area (Å²) in [5, 5.41) is 14.6. The highest BCUT2D eigenvalue weighted by Crippen LogP contribution is 2.41. The van der Waals surface area contributed by atoms with Crippen LogP contribution in [0.5, 0.6) is 0 Å². The maximum absolute atomic E-state index is 10.4. The lowest BCUT2D eigenvalue weighted by atomic mass is 9.90. The second-order valence-corrected chi connectivity index (χ2v) is 10.6. The number of pyridine rings is 1. The first-order valence-corrected chi connectivity index (χ1v) is 12.2. The lowest BCUT2D eigenvalue weighted by Crippen LogP contribution is -2.17. The van der Waals surface area contributed by atoms with Crippen molar-refractivity contribution in [1.29, 1.82) is 0 Å². The summed E-state index contributed by atoms with van der Waals surface area (Å²) in [7, 11) is 1.99. The van der Waals surface area contributed by atoms with Crippen LogP contribution < -0.4 is 5.32 Å². The van der Waals surface area contributed by atoms with Crippen molar-refractivity contribution in [3.8, 4) is 11.3 Å². The SMILES string of the molecule is CNC(c1cc(C)nc(-c2c3c(cc4c2CCC4)CCC3)c1)c1cnc(C(C)(C)O)s1. The molecular weight excluding hydrogens is 402 g/mol. The largest absolute Gasteiger partial charge is 0.383 e. The van der Waals surface area contributed by atoms with Crippen LogP contribution in [0.1, 0.15) is 76.1 Å². The van der Waals surface area contributed by atoms with E-state index in [1.54, 1.807) is 36.3 Å². The van der Waals surface area contributed by atoms with Gasteiger partial charge >= 0.3 is 0 Å². The molecular formula is C26H31N3OS. The average molecular weight is 434 g/mol. The summed E-state index contributed by atoms with van der Waals surface area (Å²) in [4.78, 5) is 10.6. The number of aromatic nitrogens is 2. The number of aryl methyl sites for hydroxylation is 3. The van der Waals surface area contributed by atoms with Crippen molar-refractivity contribution in [1.82, 2.24) is 15.3 Å². The molecule has 2 aromatic heterocycles. The number of thiazole rings is 1. The lowest BCUT2D eigenvalue weighted by molar-refractivity contribution is 0.0783. The van der Waals surface area contributed by atoms with E-state index in [1.807, 2.05) is 13.2 Å². The Labute approximate surface area is 188 Å². The van der Waals surface area contributed by atoms with Gasteiger partial charge in [-0.3, -0.25) is 4.98 Å². The fourth-order valence-electron chi connectivity index (χ4n) is 5.29. The van der Waals surface area contributed by atoms with Gasteiger partial charge in [0.1, 0.15) is 10.6 Å². The molecule has 2 aliphatic rings. The monoisotopic (exact) mass is 433 g/mol. The summed E-state index contributed by atoms with van der Waals surface area (Å²) in [6.07, 6.45) is 9.14. The fraction of sp³-hybridized carbons (Fsp3) is 0.462. The Kier molecular flexibility index (Phi) is 5.24. The predicted octanol–water partition coefficient (Wildman–Crippen LogP) is 5.03. The van der Waals surface area contributed by atoms with E-state index >= 15 is 0 Å². The minimum absolute atomic E-state index is 0.0267. The number of fused-ring (bicyclic) bond motifs is 2. The zero-order valence-corrected chi connectivity index (χ0v) is 19.7. The molecule has 0 amide bonds. The third-order valence-electron chi connectivity index (χ3n) is 6.66. The molecule has 162 valence electrons. The zero-order valence-electron chi connectivity index (χ0n) is 18.9. The molecule has 5 rings (SSSR count). The lowest BCUT2D eigenvalue weighted by Gasteiger charge is -2.19. The Balaban J connectivity index is 1.62. The predicted molar refractivity (Wildman–Crippen MR) is 127 cm³/mol. The van der Waals surface area contributed by atoms with Crippen molar-refractivity contribution in [3.05, 3.63) is 67.8 Å². The summed E-state index contributed by atoms with van der Waals surface area (Å²) in [6.45, 7) is 5.67. The molecule has 0 saturated heterocycles. The van der Waals surface area contributed by atoms with Crippen LogP contribution >= 0.6 is 11.3 Å². The Hall–Kier alpha value is -2.08. The second kappa shape index (κ2) is 7.80. The molecule has 0 radical (unpaired) electrons. The van der Waals surface area contributed by atoms with Gasteiger partial charge in [0, 0.05) is 22.3 Å². The van der Waals surface area contributed by atoms with Gasteiger partial charge in [0.05, 0.1) is 11.7 Å². The van der Waals surface area contributed by atoms with Crippen LogP contribution in [-0.2, 0) is 31.3 Å². The minimum atomic E-state index is -0.925. The molecule has 2 heterocycles. The number of rotatable bonds is 5. The smallest absolute Gasteiger partial charge is 0.124 e. The van der Waals surface area contributed by atoms with Gasteiger partial charge in [-0.25, -0.2) is 4.98 Å². The highest BCUT2D eigenvalue weighted by molar-refractivity contribution is 7.11. The first-order valence-electron chi connectivity index (χ1n) is 11.4. The number of hydrogen-bond acceptors (Lipinski definition) is 5. The van der Waals surface area contributed by atoms with Crippen LogP contribution in [0, 0.1) is 6.92 Å². The van der Waals surface area contributed by atoms with Crippen molar-refractivity contribution in [2.24, 2.45) is 0 Å². The van der Waals surface area contributed by atoms with Gasteiger partial charge in [0.15, 0.2) is 0 Å². The quantitative estimate of drug-likeness (QED) is 0.593. The van der Waals surface area contributed by atoms with Gasteiger partial charge in [-0.2, -0.15) is 0 Å². The average Bonchev–Trinajstić information content (AvgIpc) is 3.46. The molecule has 1 unspecified atom stereocenters. The fourth-order valence-corrected chi connectivity index (χ4v) is 6.35. The van der Waals surface area contributed by atoms with E-state index in [-0.39, 0.29) is 6.04 Å². The summed E-state index contributed by atoms with van der Waals surface area (Å²) in [6, 6.07) is 6.97. The second-order valence-electron chi connectivity index (χ2n) is 9.51. The molecule has 3 aromatic rings. The van der Waals surface area contributed by atoms with E-state index in [1.165, 1.54) is 60.8 Å². The normalized spacial score (nSPS) is 16.4. The molecule has 1 atom stereocenters. The number of aliphatic hydroxyl groups is 1. The highest BCUT2D eigenvalue weighted by Gasteiger charge is 2.27. The van der Waals surface area contributed by atoms with Crippen molar-refractivity contribution in [2.75, 3.05) is 7.05 Å². The minimum Gasteiger partial charge on any atom is -0.383 e. The van der Waals surface area contributed by atoms with Crippen LogP contribution in [0.2, 0.25) is 0 Å². The number of nitrogens with zero attached hydrogens (tertiary/aromatic N) is 2. The molecule has 4 nitrogen and oxygen atoms in total. The van der Waals surface area contributed by atoms with Gasteiger partial charge in [0.25, 0.3) is 0 Å². The maximum atomic E-state index is 10.4. The Morgan fingerprint density at radius 3 is 2.29 bits per heavy atom. The summed E-state index contributed by atoms with van der Waals surface area (Å²) >= 11 is 1.57. The molecule has 31 heavy (non-hydrogen) atoms. The van der Waals surface area contributed by atoms with Crippen LogP contribution in [0.4, 0.5) is 0 Å². The molecule has 0 fully saturated rings. The summed E-state index contributed by atoms with van der Waals surface area (Å²) in [5.41, 5.74) is 10.0. The highest BCUT2D eigenvalue weighted by atomic mass is 32.1. The van der Waals surface area contributed by atoms with Crippen molar-refractivity contribution < 1.29 is 5.11 Å². The topological polar surface area (TPSA) is 58.0 Å². The number of nitrogens with one attached hydrogen (secondary N) is 1. The van der Waals surface area contributed by atoms with Gasteiger partial charge < -0.3 is 10.4 Å². The summed E-state index contributed by atoms with van der Waals surface area (Å²) in [5.74, 6) is 0. The van der Waals surface area contributed by atoms with Crippen LogP contribution in [0.3, 0.4) is 0 Å². The van der Waals surface area contributed by atoms with E-state index in [4.69, 9.17) is 4.98 Å². The first-order chi connectivity index (χ1) is 14.8. The molecule has 0 aliphatic heterocycles. The molecule has 5 heteroatoms. The van der Waals surface area contributed by atoms with E-state index in [2.05, 4.69) is 35.4 Å². The molecule has 0 spiro atoms. The molecule has 0 saturated carbocycles. The van der Waals surface area contributed by atoms with E-state index in [0.29, 0.717) is 0 Å². The Morgan fingerprint density at radius 2 is 1.71 bits per heavy atom. The zero-order chi connectivity index (χ0) is 21.8. The van der Waals surface area contributed by atoms with Gasteiger partial charge in [-0.05, 0) is 106 Å². The van der Waals surface area contributed by atoms with Crippen molar-refractivity contribution in [2.45, 2.75) is 70.9 Å². The van der Waals surface area contributed by atoms with Crippen molar-refractivity contribution in [3.63, 3.8) is 0 Å². The van der Waals surface area contributed by atoms with Crippen LogP contribution in [-0.4, -0.2) is 22.1 Å². The molecule has 1 aromatic carbocycles. The maximum Gasteiger partial charge on any atom is 0.124 e. The standard InChI is InChI=1S/C26H31N3OS/c1-15-11-18(24(27-4)22-14-28-25(31-22)26(2,3)30)13-21(29-15)23-19-9-5-7-16(19)12-17-8-6-10-20(17)23/h11-14,24,27,30H,5-10H2,1-4H3. The van der Waals surface area contributed by atoms with Gasteiger partial charge in [0.2, 0.25) is 0 Å².